The molecule has 1 amide bonds. The van der Waals surface area contributed by atoms with Gasteiger partial charge in [0.1, 0.15) is 11.5 Å². The molecular formula is C21H25ClN2O3. The number of allylic oxidation sites excluding steroid dienone is 4. The largest absolute Gasteiger partial charge is 0.512 e. The Kier molecular flexibility index (Phi) is 9.69. The Morgan fingerprint density at radius 1 is 1.33 bits per heavy atom. The number of carbonyl (C=O) groups excluding carboxylic acids is 1. The number of aromatic nitrogens is 1. The third kappa shape index (κ3) is 6.46. The van der Waals surface area contributed by atoms with Crippen molar-refractivity contribution in [2.45, 2.75) is 19.9 Å². The summed E-state index contributed by atoms with van der Waals surface area (Å²) in [5.74, 6) is 0.0385. The highest BCUT2D eigenvalue weighted by molar-refractivity contribution is 6.25. The number of aliphatic hydroxyl groups is 1. The van der Waals surface area contributed by atoms with E-state index in [0.717, 1.165) is 0 Å². The molecule has 0 radical (unpaired) electrons. The van der Waals surface area contributed by atoms with E-state index in [1.807, 2.05) is 18.2 Å². The second-order valence-corrected chi connectivity index (χ2v) is 5.98. The Labute approximate surface area is 165 Å². The van der Waals surface area contributed by atoms with Gasteiger partial charge in [0.05, 0.1) is 17.7 Å². The minimum absolute atomic E-state index is 0.0218. The number of carbonyl (C=O) groups is 1. The van der Waals surface area contributed by atoms with E-state index in [9.17, 15) is 9.90 Å². The fraction of sp³-hybridized carbons (Fsp3) is 0.238. The van der Waals surface area contributed by atoms with Crippen LogP contribution in [0.15, 0.2) is 71.5 Å². The quantitative estimate of drug-likeness (QED) is 0.254. The highest BCUT2D eigenvalue weighted by Gasteiger charge is 2.25. The van der Waals surface area contributed by atoms with Crippen molar-refractivity contribution in [2.75, 3.05) is 6.54 Å². The van der Waals surface area contributed by atoms with Crippen LogP contribution in [-0.4, -0.2) is 34.2 Å². The maximum Gasteiger partial charge on any atom is 0.210 e. The lowest BCUT2D eigenvalue weighted by atomic mass is 9.94. The third-order valence-corrected chi connectivity index (χ3v) is 4.09. The molecular weight excluding hydrogens is 364 g/mol. The van der Waals surface area contributed by atoms with E-state index in [2.05, 4.69) is 18.3 Å². The van der Waals surface area contributed by atoms with Crippen LogP contribution in [0.1, 0.15) is 17.0 Å². The Morgan fingerprint density at radius 2 is 2.07 bits per heavy atom. The van der Waals surface area contributed by atoms with Crippen LogP contribution in [-0.2, 0) is 4.79 Å². The Balaban J connectivity index is 3.14. The van der Waals surface area contributed by atoms with Crippen molar-refractivity contribution < 1.29 is 14.4 Å². The van der Waals surface area contributed by atoms with Gasteiger partial charge in [-0.25, -0.2) is 0 Å². The van der Waals surface area contributed by atoms with Crippen molar-refractivity contribution in [3.8, 4) is 0 Å². The molecule has 0 aliphatic heterocycles. The summed E-state index contributed by atoms with van der Waals surface area (Å²) < 4.78 is 5.12. The smallest absolute Gasteiger partial charge is 0.210 e. The molecule has 0 spiro atoms. The second-order valence-electron chi connectivity index (χ2n) is 5.73. The SMILES string of the molecule is C=CC=CC=CCN(C=O)C(C=C)C(C=CCl)C(O)=Cc1c(C)noc1C. The van der Waals surface area contributed by atoms with Crippen molar-refractivity contribution in [3.05, 3.63) is 84.0 Å². The molecule has 6 heteroatoms. The first-order valence-corrected chi connectivity index (χ1v) is 8.81. The van der Waals surface area contributed by atoms with E-state index < -0.39 is 12.0 Å². The molecule has 1 aromatic heterocycles. The summed E-state index contributed by atoms with van der Waals surface area (Å²) in [5, 5.41) is 14.6. The molecule has 0 saturated carbocycles. The molecule has 0 aromatic carbocycles. The van der Waals surface area contributed by atoms with E-state index >= 15 is 0 Å². The Hall–Kier alpha value is -2.79. The number of halogens is 1. The van der Waals surface area contributed by atoms with Gasteiger partial charge in [-0.2, -0.15) is 0 Å². The average molecular weight is 389 g/mol. The molecule has 2 atom stereocenters. The normalized spacial score (nSPS) is 14.7. The minimum atomic E-state index is -0.573. The zero-order valence-electron chi connectivity index (χ0n) is 15.6. The fourth-order valence-corrected chi connectivity index (χ4v) is 2.69. The van der Waals surface area contributed by atoms with Gasteiger partial charge >= 0.3 is 0 Å². The number of amides is 1. The number of nitrogens with zero attached hydrogens (tertiary/aromatic N) is 2. The molecule has 0 bridgehead atoms. The van der Waals surface area contributed by atoms with Crippen LogP contribution in [0.25, 0.3) is 6.08 Å². The maximum atomic E-state index is 11.6. The highest BCUT2D eigenvalue weighted by Crippen LogP contribution is 2.25. The molecule has 5 nitrogen and oxygen atoms in total. The number of hydrogen-bond acceptors (Lipinski definition) is 4. The molecule has 2 unspecified atom stereocenters. The summed E-state index contributed by atoms with van der Waals surface area (Å²) in [7, 11) is 0. The van der Waals surface area contributed by atoms with Gasteiger partial charge < -0.3 is 14.5 Å². The molecule has 1 N–H and O–H groups in total. The summed E-state index contributed by atoms with van der Waals surface area (Å²) in [6, 6.07) is -0.498. The average Bonchev–Trinajstić information content (AvgIpc) is 2.97. The lowest BCUT2D eigenvalue weighted by Crippen LogP contribution is -2.38. The van der Waals surface area contributed by atoms with Crippen LogP contribution in [0, 0.1) is 19.8 Å². The molecule has 0 saturated heterocycles. The molecule has 1 aromatic rings. The first-order valence-electron chi connectivity index (χ1n) is 8.38. The van der Waals surface area contributed by atoms with Crippen LogP contribution in [0.3, 0.4) is 0 Å². The van der Waals surface area contributed by atoms with Crippen molar-refractivity contribution in [1.29, 1.82) is 0 Å². The first-order chi connectivity index (χ1) is 13.0. The first kappa shape index (κ1) is 22.3. The number of rotatable bonds is 11. The van der Waals surface area contributed by atoms with E-state index in [1.165, 1.54) is 10.4 Å². The van der Waals surface area contributed by atoms with Crippen LogP contribution in [0.2, 0.25) is 0 Å². The predicted octanol–water partition coefficient (Wildman–Crippen LogP) is 4.87. The van der Waals surface area contributed by atoms with Crippen LogP contribution >= 0.6 is 11.6 Å². The van der Waals surface area contributed by atoms with Gasteiger partial charge in [-0.1, -0.05) is 65.9 Å². The summed E-state index contributed by atoms with van der Waals surface area (Å²) in [6.45, 7) is 11.3. The maximum absolute atomic E-state index is 11.6. The topological polar surface area (TPSA) is 66.6 Å². The van der Waals surface area contributed by atoms with Gasteiger partial charge in [0.2, 0.25) is 6.41 Å². The second kappa shape index (κ2) is 11.8. The molecule has 144 valence electrons. The lowest BCUT2D eigenvalue weighted by molar-refractivity contribution is -0.119. The molecule has 0 aliphatic carbocycles. The number of aryl methyl sites for hydroxylation is 2. The minimum Gasteiger partial charge on any atom is -0.512 e. The fourth-order valence-electron chi connectivity index (χ4n) is 2.53. The third-order valence-electron chi connectivity index (χ3n) is 3.94. The van der Waals surface area contributed by atoms with Gasteiger partial charge in [0, 0.05) is 17.6 Å². The van der Waals surface area contributed by atoms with Crippen molar-refractivity contribution in [1.82, 2.24) is 10.1 Å². The van der Waals surface area contributed by atoms with Crippen molar-refractivity contribution >= 4 is 24.1 Å². The molecule has 1 heterocycles. The summed E-state index contributed by atoms with van der Waals surface area (Å²) in [6.07, 6.45) is 14.4. The molecule has 1 rings (SSSR count). The number of aliphatic hydroxyl groups excluding tert-OH is 1. The van der Waals surface area contributed by atoms with Crippen molar-refractivity contribution in [3.63, 3.8) is 0 Å². The Morgan fingerprint density at radius 3 is 2.59 bits per heavy atom. The van der Waals surface area contributed by atoms with Crippen LogP contribution in [0.4, 0.5) is 0 Å². The van der Waals surface area contributed by atoms with Gasteiger partial charge in [0.15, 0.2) is 0 Å². The van der Waals surface area contributed by atoms with E-state index in [0.29, 0.717) is 30.0 Å². The van der Waals surface area contributed by atoms with E-state index in [4.69, 9.17) is 16.1 Å². The van der Waals surface area contributed by atoms with E-state index in [-0.39, 0.29) is 5.76 Å². The Bertz CT molecular complexity index is 740. The monoisotopic (exact) mass is 388 g/mol. The van der Waals surface area contributed by atoms with Gasteiger partial charge in [-0.3, -0.25) is 4.79 Å². The summed E-state index contributed by atoms with van der Waals surface area (Å²) in [5.41, 5.74) is 2.66. The zero-order chi connectivity index (χ0) is 20.2. The standard InChI is InChI=1S/C21H25ClN2O3/c1-5-7-8-9-10-13-24(15-25)20(6-2)18(11-12-22)21(26)14-19-16(3)23-27-17(19)4/h5-12,14-15,18,20,26H,1-2,13H2,3-4H3. The zero-order valence-corrected chi connectivity index (χ0v) is 16.3. The predicted molar refractivity (Wildman–Crippen MR) is 110 cm³/mol. The highest BCUT2D eigenvalue weighted by atomic mass is 35.5. The number of hydrogen-bond donors (Lipinski definition) is 1. The van der Waals surface area contributed by atoms with E-state index in [1.54, 1.807) is 44.2 Å². The molecule has 0 fully saturated rings. The van der Waals surface area contributed by atoms with Gasteiger partial charge in [-0.05, 0) is 19.9 Å². The van der Waals surface area contributed by atoms with Gasteiger partial charge in [0.25, 0.3) is 0 Å². The summed E-state index contributed by atoms with van der Waals surface area (Å²) in [4.78, 5) is 13.1. The molecule has 27 heavy (non-hydrogen) atoms. The van der Waals surface area contributed by atoms with Crippen LogP contribution < -0.4 is 0 Å². The summed E-state index contributed by atoms with van der Waals surface area (Å²) >= 11 is 5.77. The molecule has 0 aliphatic rings. The van der Waals surface area contributed by atoms with Gasteiger partial charge in [-0.15, -0.1) is 6.58 Å². The van der Waals surface area contributed by atoms with Crippen LogP contribution in [0.5, 0.6) is 0 Å². The van der Waals surface area contributed by atoms with Crippen molar-refractivity contribution in [2.24, 2.45) is 5.92 Å². The lowest BCUT2D eigenvalue weighted by Gasteiger charge is -2.30.